The fourth-order valence-electron chi connectivity index (χ4n) is 7.59. The highest BCUT2D eigenvalue weighted by atomic mass is 16.3. The average molecular weight is 640 g/mol. The summed E-state index contributed by atoms with van der Waals surface area (Å²) in [6.07, 6.45) is 0. The predicted octanol–water partition coefficient (Wildman–Crippen LogP) is 12.1. The topological polar surface area (TPSA) is 65.0 Å². The molecule has 5 nitrogen and oxygen atoms in total. The van der Waals surface area contributed by atoms with Crippen LogP contribution in [0.1, 0.15) is 0 Å². The Bertz CT molecular complexity index is 3160. The molecule has 0 aliphatic rings. The van der Waals surface area contributed by atoms with Crippen molar-refractivity contribution in [2.24, 2.45) is 0 Å². The van der Waals surface area contributed by atoms with E-state index in [1.54, 1.807) is 0 Å². The number of rotatable bonds is 3. The van der Waals surface area contributed by atoms with E-state index >= 15 is 0 Å². The van der Waals surface area contributed by atoms with E-state index < -0.39 is 0 Å². The Hall–Kier alpha value is -6.85. The molecule has 11 aromatic rings. The third-order valence-electron chi connectivity index (χ3n) is 9.89. The fraction of sp³-hybridized carbons (Fsp3) is 0. The monoisotopic (exact) mass is 639 g/mol. The molecule has 0 radical (unpaired) electrons. The second-order valence-corrected chi connectivity index (χ2v) is 12.7. The molecule has 50 heavy (non-hydrogen) atoms. The van der Waals surface area contributed by atoms with Gasteiger partial charge in [0.2, 0.25) is 0 Å². The Balaban J connectivity index is 1.28. The lowest BCUT2D eigenvalue weighted by Crippen LogP contribution is -2.01. The molecule has 0 N–H and O–H groups in total. The Morgan fingerprint density at radius 3 is 1.84 bits per heavy atom. The normalized spacial score (nSPS) is 12.0. The number of fused-ring (bicyclic) bond motifs is 12. The summed E-state index contributed by atoms with van der Waals surface area (Å²) in [6, 6.07) is 52.1. The maximum Gasteiger partial charge on any atom is 0.167 e. The van der Waals surface area contributed by atoms with Crippen LogP contribution in [0.3, 0.4) is 0 Å². The third kappa shape index (κ3) is 3.92. The number of hydrogen-bond acceptors (Lipinski definition) is 5. The molecule has 0 amide bonds. The van der Waals surface area contributed by atoms with Crippen LogP contribution in [0.2, 0.25) is 0 Å². The van der Waals surface area contributed by atoms with Gasteiger partial charge in [-0.15, -0.1) is 0 Å². The van der Waals surface area contributed by atoms with Crippen LogP contribution in [-0.2, 0) is 0 Å². The van der Waals surface area contributed by atoms with E-state index in [2.05, 4.69) is 91.0 Å². The molecular formula is C45H25N3O2. The van der Waals surface area contributed by atoms with Crippen molar-refractivity contribution in [3.05, 3.63) is 152 Å². The molecule has 0 fully saturated rings. The van der Waals surface area contributed by atoms with Crippen LogP contribution < -0.4 is 0 Å². The zero-order valence-corrected chi connectivity index (χ0v) is 26.6. The van der Waals surface area contributed by atoms with Crippen LogP contribution in [0, 0.1) is 0 Å². The highest BCUT2D eigenvalue weighted by Crippen LogP contribution is 2.45. The number of para-hydroxylation sites is 2. The van der Waals surface area contributed by atoms with Gasteiger partial charge in [0.1, 0.15) is 22.3 Å². The van der Waals surface area contributed by atoms with Crippen LogP contribution in [0.15, 0.2) is 160 Å². The third-order valence-corrected chi connectivity index (χ3v) is 9.89. The molecule has 11 rings (SSSR count). The van der Waals surface area contributed by atoms with Gasteiger partial charge in [-0.3, -0.25) is 0 Å². The van der Waals surface area contributed by atoms with Gasteiger partial charge in [0.05, 0.1) is 5.56 Å². The Labute approximate surface area is 285 Å². The first-order chi connectivity index (χ1) is 24.8. The number of furan rings is 2. The number of hydrogen-bond donors (Lipinski definition) is 0. The quantitative estimate of drug-likeness (QED) is 0.180. The zero-order chi connectivity index (χ0) is 32.8. The maximum atomic E-state index is 6.98. The van der Waals surface area contributed by atoms with Gasteiger partial charge in [-0.1, -0.05) is 127 Å². The summed E-state index contributed by atoms with van der Waals surface area (Å²) in [6.45, 7) is 0. The summed E-state index contributed by atoms with van der Waals surface area (Å²) in [5.74, 6) is 1.70. The van der Waals surface area contributed by atoms with Gasteiger partial charge < -0.3 is 8.83 Å². The van der Waals surface area contributed by atoms with Crippen molar-refractivity contribution in [3.63, 3.8) is 0 Å². The van der Waals surface area contributed by atoms with Gasteiger partial charge in [-0.05, 0) is 45.8 Å². The van der Waals surface area contributed by atoms with Crippen LogP contribution in [-0.4, -0.2) is 15.0 Å². The van der Waals surface area contributed by atoms with Crippen molar-refractivity contribution in [2.75, 3.05) is 0 Å². The number of benzene rings is 8. The molecule has 0 bridgehead atoms. The van der Waals surface area contributed by atoms with Crippen LogP contribution in [0.4, 0.5) is 0 Å². The van der Waals surface area contributed by atoms with E-state index in [-0.39, 0.29) is 0 Å². The number of nitrogens with zero attached hydrogens (tertiary/aromatic N) is 3. The molecule has 5 heteroatoms. The molecule has 3 aromatic heterocycles. The molecule has 3 heterocycles. The SMILES string of the molecule is c1ccc(-c2nc(-c3cccc4c3oc3ccccc34)nc(-c3cc4ccc5ccccc5c4c4oc5c6ccccc6ccc5c34)n2)cc1. The minimum Gasteiger partial charge on any atom is -0.455 e. The van der Waals surface area contributed by atoms with Gasteiger partial charge >= 0.3 is 0 Å². The molecule has 232 valence electrons. The molecule has 0 spiro atoms. The Kier molecular flexibility index (Phi) is 5.60. The molecule has 0 atom stereocenters. The fourth-order valence-corrected chi connectivity index (χ4v) is 7.59. The second-order valence-electron chi connectivity index (χ2n) is 12.7. The molecule has 0 saturated carbocycles. The molecule has 0 aliphatic heterocycles. The van der Waals surface area contributed by atoms with Crippen molar-refractivity contribution in [1.82, 2.24) is 15.0 Å². The van der Waals surface area contributed by atoms with Crippen molar-refractivity contribution >= 4 is 76.2 Å². The van der Waals surface area contributed by atoms with E-state index in [0.717, 1.165) is 92.9 Å². The number of aromatic nitrogens is 3. The summed E-state index contributed by atoms with van der Waals surface area (Å²) in [5, 5.41) is 10.7. The Morgan fingerprint density at radius 2 is 0.980 bits per heavy atom. The van der Waals surface area contributed by atoms with Crippen LogP contribution in [0.25, 0.3) is 110 Å². The average Bonchev–Trinajstić information content (AvgIpc) is 3.77. The second kappa shape index (κ2) is 10.3. The largest absolute Gasteiger partial charge is 0.455 e. The first kappa shape index (κ1) is 27.1. The van der Waals surface area contributed by atoms with Gasteiger partial charge in [0.15, 0.2) is 17.5 Å². The molecule has 0 unspecified atom stereocenters. The van der Waals surface area contributed by atoms with E-state index in [9.17, 15) is 0 Å². The zero-order valence-electron chi connectivity index (χ0n) is 26.6. The summed E-state index contributed by atoms with van der Waals surface area (Å²) in [4.78, 5) is 15.5. The summed E-state index contributed by atoms with van der Waals surface area (Å²) < 4.78 is 13.5. The van der Waals surface area contributed by atoms with Crippen molar-refractivity contribution in [2.45, 2.75) is 0 Å². The summed E-state index contributed by atoms with van der Waals surface area (Å²) >= 11 is 0. The van der Waals surface area contributed by atoms with Crippen molar-refractivity contribution < 1.29 is 8.83 Å². The van der Waals surface area contributed by atoms with E-state index in [1.807, 2.05) is 60.7 Å². The molecule has 8 aromatic carbocycles. The standard InChI is InChI=1S/C45H25N3O2/c1-2-13-28(14-3-1)43-46-44(35-19-10-18-33-32-17-8-9-20-37(32)49-41(33)35)48-45(47-43)36-25-29-22-21-26-11-4-6-15-30(26)38(29)42-39(36)34-24-23-27-12-5-7-16-31(27)40(34)50-42/h1-25H. The maximum absolute atomic E-state index is 6.98. The highest BCUT2D eigenvalue weighted by molar-refractivity contribution is 6.28. The van der Waals surface area contributed by atoms with Crippen LogP contribution >= 0.6 is 0 Å². The predicted molar refractivity (Wildman–Crippen MR) is 203 cm³/mol. The lowest BCUT2D eigenvalue weighted by Gasteiger charge is -2.12. The summed E-state index contributed by atoms with van der Waals surface area (Å²) in [5.41, 5.74) is 5.85. The molecule has 0 saturated heterocycles. The first-order valence-electron chi connectivity index (χ1n) is 16.7. The minimum absolute atomic E-state index is 0.545. The van der Waals surface area contributed by atoms with Crippen LogP contribution in [0.5, 0.6) is 0 Å². The molecule has 0 aliphatic carbocycles. The van der Waals surface area contributed by atoms with E-state index in [4.69, 9.17) is 23.8 Å². The van der Waals surface area contributed by atoms with Gasteiger partial charge in [0, 0.05) is 43.4 Å². The van der Waals surface area contributed by atoms with Gasteiger partial charge in [0.25, 0.3) is 0 Å². The smallest absolute Gasteiger partial charge is 0.167 e. The van der Waals surface area contributed by atoms with Crippen molar-refractivity contribution in [3.8, 4) is 34.2 Å². The molecular weight excluding hydrogens is 615 g/mol. The highest BCUT2D eigenvalue weighted by Gasteiger charge is 2.23. The van der Waals surface area contributed by atoms with Gasteiger partial charge in [-0.25, -0.2) is 15.0 Å². The van der Waals surface area contributed by atoms with E-state index in [0.29, 0.717) is 17.5 Å². The van der Waals surface area contributed by atoms with E-state index in [1.165, 1.54) is 0 Å². The van der Waals surface area contributed by atoms with Gasteiger partial charge in [-0.2, -0.15) is 0 Å². The Morgan fingerprint density at radius 1 is 0.340 bits per heavy atom. The van der Waals surface area contributed by atoms with Crippen molar-refractivity contribution in [1.29, 1.82) is 0 Å². The lowest BCUT2D eigenvalue weighted by atomic mass is 9.95. The summed E-state index contributed by atoms with van der Waals surface area (Å²) in [7, 11) is 0. The first-order valence-corrected chi connectivity index (χ1v) is 16.7. The lowest BCUT2D eigenvalue weighted by molar-refractivity contribution is 0.669. The minimum atomic E-state index is 0.545.